The van der Waals surface area contributed by atoms with Crippen molar-refractivity contribution in [1.29, 1.82) is 0 Å². The van der Waals surface area contributed by atoms with E-state index >= 15 is 4.39 Å². The maximum absolute atomic E-state index is 15.9. The molecule has 11 heteroatoms. The summed E-state index contributed by atoms with van der Waals surface area (Å²) in [5, 5.41) is 12.2. The van der Waals surface area contributed by atoms with Gasteiger partial charge in [-0.2, -0.15) is 5.10 Å². The average molecular weight is 499 g/mol. The van der Waals surface area contributed by atoms with Crippen LogP contribution in [0.5, 0.6) is 0 Å². The Morgan fingerprint density at radius 1 is 1.11 bits per heavy atom. The predicted octanol–water partition coefficient (Wildman–Crippen LogP) is 5.56. The van der Waals surface area contributed by atoms with Gasteiger partial charge in [0.25, 0.3) is 0 Å². The fraction of sp³-hybridized carbons (Fsp3) is 0.120. The number of nitrogens with zero attached hydrogens (tertiary/aromatic N) is 5. The molecule has 3 N–H and O–H groups in total. The van der Waals surface area contributed by atoms with Gasteiger partial charge in [-0.3, -0.25) is 24.8 Å². The highest BCUT2D eigenvalue weighted by Crippen LogP contribution is 2.34. The first-order valence-corrected chi connectivity index (χ1v) is 12.2. The summed E-state index contributed by atoms with van der Waals surface area (Å²) in [7, 11) is 0. The Hall–Kier alpha value is -4.51. The van der Waals surface area contributed by atoms with Crippen molar-refractivity contribution in [3.63, 3.8) is 0 Å². The van der Waals surface area contributed by atoms with Crippen LogP contribution in [-0.4, -0.2) is 41.0 Å². The van der Waals surface area contributed by atoms with E-state index in [1.165, 1.54) is 18.6 Å². The number of thiophene rings is 1. The highest BCUT2D eigenvalue weighted by Gasteiger charge is 2.21. The highest BCUT2D eigenvalue weighted by molar-refractivity contribution is 7.13. The second kappa shape index (κ2) is 8.93. The molecule has 6 aromatic rings. The highest BCUT2D eigenvalue weighted by atomic mass is 32.1. The molecule has 0 bridgehead atoms. The molecule has 0 radical (unpaired) electrons. The molecule has 0 aromatic carbocycles. The summed E-state index contributed by atoms with van der Waals surface area (Å²) in [4.78, 5) is 33.9. The first-order chi connectivity index (χ1) is 17.6. The molecule has 0 unspecified atom stereocenters. The van der Waals surface area contributed by atoms with Crippen molar-refractivity contribution in [3.8, 4) is 33.3 Å². The number of amides is 1. The number of fused-ring (bicyclic) bond motifs is 2. The summed E-state index contributed by atoms with van der Waals surface area (Å²) in [5.74, 6) is -0.275. The first-order valence-electron chi connectivity index (χ1n) is 11.3. The Morgan fingerprint density at radius 3 is 2.86 bits per heavy atom. The van der Waals surface area contributed by atoms with Crippen molar-refractivity contribution in [2.75, 3.05) is 5.32 Å². The van der Waals surface area contributed by atoms with Crippen LogP contribution in [0.2, 0.25) is 0 Å². The van der Waals surface area contributed by atoms with E-state index in [0.29, 0.717) is 40.2 Å². The zero-order chi connectivity index (χ0) is 24.6. The third-order valence-electron chi connectivity index (χ3n) is 5.70. The van der Waals surface area contributed by atoms with Crippen molar-refractivity contribution in [2.45, 2.75) is 19.8 Å². The van der Waals surface area contributed by atoms with Gasteiger partial charge in [0.05, 0.1) is 39.4 Å². The fourth-order valence-corrected chi connectivity index (χ4v) is 4.80. The molecular weight excluding hydrogens is 479 g/mol. The minimum atomic E-state index is -0.563. The van der Waals surface area contributed by atoms with Gasteiger partial charge in [0.2, 0.25) is 5.91 Å². The molecule has 0 spiro atoms. The number of carbonyl (C=O) groups excluding carboxylic acids is 1. The number of hydrogen-bond acceptors (Lipinski definition) is 7. The number of rotatable bonds is 6. The van der Waals surface area contributed by atoms with E-state index in [9.17, 15) is 4.79 Å². The molecule has 0 saturated carbocycles. The molecule has 36 heavy (non-hydrogen) atoms. The van der Waals surface area contributed by atoms with Gasteiger partial charge in [0.1, 0.15) is 22.6 Å². The number of imidazole rings is 1. The van der Waals surface area contributed by atoms with E-state index in [2.05, 4.69) is 35.5 Å². The number of halogens is 1. The molecule has 6 rings (SSSR count). The van der Waals surface area contributed by atoms with Crippen LogP contribution in [0.4, 0.5) is 10.1 Å². The second-order valence-corrected chi connectivity index (χ2v) is 9.11. The number of nitrogens with one attached hydrogen (secondary N) is 3. The number of carbonyl (C=O) groups is 1. The van der Waals surface area contributed by atoms with Gasteiger partial charge in [-0.05, 0) is 30.0 Å². The molecule has 0 aliphatic rings. The lowest BCUT2D eigenvalue weighted by atomic mass is 10.1. The van der Waals surface area contributed by atoms with Crippen LogP contribution in [-0.2, 0) is 4.79 Å². The van der Waals surface area contributed by atoms with Crippen LogP contribution in [0.1, 0.15) is 19.8 Å². The van der Waals surface area contributed by atoms with Crippen molar-refractivity contribution in [2.24, 2.45) is 0 Å². The van der Waals surface area contributed by atoms with Crippen molar-refractivity contribution >= 4 is 44.9 Å². The zero-order valence-corrected chi connectivity index (χ0v) is 19.9. The van der Waals surface area contributed by atoms with Gasteiger partial charge in [0, 0.05) is 24.4 Å². The molecule has 9 nitrogen and oxygen atoms in total. The minimum Gasteiger partial charge on any atom is -0.336 e. The summed E-state index contributed by atoms with van der Waals surface area (Å²) in [6.45, 7) is 1.92. The summed E-state index contributed by atoms with van der Waals surface area (Å²) in [6, 6.07) is 7.41. The number of pyridine rings is 3. The molecule has 0 aliphatic heterocycles. The van der Waals surface area contributed by atoms with Gasteiger partial charge in [-0.1, -0.05) is 13.0 Å². The third kappa shape index (κ3) is 3.79. The predicted molar refractivity (Wildman–Crippen MR) is 137 cm³/mol. The van der Waals surface area contributed by atoms with Gasteiger partial charge in [-0.15, -0.1) is 11.3 Å². The van der Waals surface area contributed by atoms with E-state index in [4.69, 9.17) is 4.98 Å². The van der Waals surface area contributed by atoms with Gasteiger partial charge >= 0.3 is 0 Å². The van der Waals surface area contributed by atoms with Gasteiger partial charge in [0.15, 0.2) is 11.6 Å². The molecule has 6 heterocycles. The lowest BCUT2D eigenvalue weighted by molar-refractivity contribution is -0.116. The Labute approximate surface area is 207 Å². The van der Waals surface area contributed by atoms with E-state index < -0.39 is 5.82 Å². The van der Waals surface area contributed by atoms with Gasteiger partial charge in [-0.25, -0.2) is 9.37 Å². The molecule has 0 atom stereocenters. The van der Waals surface area contributed by atoms with E-state index in [-0.39, 0.29) is 17.0 Å². The zero-order valence-electron chi connectivity index (χ0n) is 19.0. The first kappa shape index (κ1) is 22.0. The molecule has 0 fully saturated rings. The molecule has 178 valence electrons. The van der Waals surface area contributed by atoms with Crippen LogP contribution in [0.3, 0.4) is 0 Å². The van der Waals surface area contributed by atoms with Crippen LogP contribution < -0.4 is 5.32 Å². The smallest absolute Gasteiger partial charge is 0.224 e. The molecule has 0 saturated heterocycles. The fourth-order valence-electron chi connectivity index (χ4n) is 4.08. The van der Waals surface area contributed by atoms with Crippen LogP contribution in [0.25, 0.3) is 55.3 Å². The number of aromatic nitrogens is 7. The lowest BCUT2D eigenvalue weighted by Gasteiger charge is -2.07. The van der Waals surface area contributed by atoms with E-state index in [1.807, 2.05) is 30.5 Å². The standard InChI is InChI=1S/C25H19FN8OS/c1-2-4-18(35)30-14-9-13(10-27-11-14)21-20(26)19-16(12-29-21)33-34-24(19)25-31-15-6-7-28-23(22(15)32-25)17-5-3-8-36-17/h3,5-12H,2,4H2,1H3,(H,30,35)(H,31,32)(H,33,34). The Kier molecular flexibility index (Phi) is 5.45. The third-order valence-corrected chi connectivity index (χ3v) is 6.57. The quantitative estimate of drug-likeness (QED) is 0.276. The van der Waals surface area contributed by atoms with E-state index in [0.717, 1.165) is 22.5 Å². The number of anilines is 1. The maximum atomic E-state index is 15.9. The van der Waals surface area contributed by atoms with E-state index in [1.54, 1.807) is 23.6 Å². The van der Waals surface area contributed by atoms with Crippen molar-refractivity contribution in [1.82, 2.24) is 35.1 Å². The molecule has 1 amide bonds. The molecule has 6 aromatic heterocycles. The second-order valence-electron chi connectivity index (χ2n) is 8.16. The normalized spacial score (nSPS) is 11.4. The maximum Gasteiger partial charge on any atom is 0.224 e. The Balaban J connectivity index is 1.44. The largest absolute Gasteiger partial charge is 0.336 e. The summed E-state index contributed by atoms with van der Waals surface area (Å²) < 4.78 is 15.9. The summed E-state index contributed by atoms with van der Waals surface area (Å²) in [6.07, 6.45) is 7.37. The van der Waals surface area contributed by atoms with Crippen LogP contribution in [0, 0.1) is 5.82 Å². The number of aromatic amines is 2. The summed E-state index contributed by atoms with van der Waals surface area (Å²) in [5.41, 5.74) is 3.98. The summed E-state index contributed by atoms with van der Waals surface area (Å²) >= 11 is 1.57. The SMILES string of the molecule is CCCC(=O)Nc1cncc(-c2ncc3[nH]nc(-c4nc5c(-c6cccs6)nccc5[nH]4)c3c2F)c1. The van der Waals surface area contributed by atoms with Crippen molar-refractivity contribution < 1.29 is 9.18 Å². The average Bonchev–Trinajstić information content (AvgIpc) is 3.63. The topological polar surface area (TPSA) is 125 Å². The van der Waals surface area contributed by atoms with Gasteiger partial charge < -0.3 is 10.3 Å². The lowest BCUT2D eigenvalue weighted by Crippen LogP contribution is -2.10. The van der Waals surface area contributed by atoms with Crippen LogP contribution >= 0.6 is 11.3 Å². The monoisotopic (exact) mass is 498 g/mol. The van der Waals surface area contributed by atoms with Crippen LogP contribution in [0.15, 0.2) is 54.4 Å². The minimum absolute atomic E-state index is 0.0984. The van der Waals surface area contributed by atoms with Crippen molar-refractivity contribution in [3.05, 3.63) is 60.3 Å². The molecular formula is C25H19FN8OS. The number of hydrogen-bond donors (Lipinski definition) is 3. The number of H-pyrrole nitrogens is 2. The Bertz CT molecular complexity index is 1720. The molecule has 0 aliphatic carbocycles. The Morgan fingerprint density at radius 2 is 2.03 bits per heavy atom.